The van der Waals surface area contributed by atoms with Gasteiger partial charge in [-0.25, -0.2) is 0 Å². The van der Waals surface area contributed by atoms with Crippen molar-refractivity contribution in [2.75, 3.05) is 20.6 Å². The Morgan fingerprint density at radius 2 is 1.78 bits per heavy atom. The SMILES string of the molecule is CN(C)C(C)(C)CNC1CC(c2ccccc2)C1. The summed E-state index contributed by atoms with van der Waals surface area (Å²) in [7, 11) is 4.30. The van der Waals surface area contributed by atoms with Crippen LogP contribution in [0.1, 0.15) is 38.2 Å². The lowest BCUT2D eigenvalue weighted by Crippen LogP contribution is -2.51. The van der Waals surface area contributed by atoms with Gasteiger partial charge in [0.25, 0.3) is 0 Å². The largest absolute Gasteiger partial charge is 0.312 e. The number of nitrogens with zero attached hydrogens (tertiary/aromatic N) is 1. The monoisotopic (exact) mass is 246 g/mol. The Balaban J connectivity index is 1.74. The van der Waals surface area contributed by atoms with Crippen LogP contribution in [-0.2, 0) is 0 Å². The maximum atomic E-state index is 3.70. The van der Waals surface area contributed by atoms with E-state index in [-0.39, 0.29) is 5.54 Å². The van der Waals surface area contributed by atoms with Crippen LogP contribution in [0.5, 0.6) is 0 Å². The lowest BCUT2D eigenvalue weighted by atomic mass is 9.75. The molecule has 2 nitrogen and oxygen atoms in total. The summed E-state index contributed by atoms with van der Waals surface area (Å²) >= 11 is 0. The Kier molecular flexibility index (Phi) is 4.08. The Labute approximate surface area is 111 Å². The topological polar surface area (TPSA) is 15.3 Å². The molecule has 18 heavy (non-hydrogen) atoms. The second-order valence-corrected chi connectivity index (χ2v) is 6.36. The van der Waals surface area contributed by atoms with Gasteiger partial charge in [0.1, 0.15) is 0 Å². The third-order valence-electron chi connectivity index (χ3n) is 4.44. The predicted molar refractivity (Wildman–Crippen MR) is 78.0 cm³/mol. The number of rotatable bonds is 5. The van der Waals surface area contributed by atoms with E-state index >= 15 is 0 Å². The fourth-order valence-electron chi connectivity index (χ4n) is 2.33. The smallest absolute Gasteiger partial charge is 0.0271 e. The second-order valence-electron chi connectivity index (χ2n) is 6.36. The van der Waals surface area contributed by atoms with Crippen molar-refractivity contribution in [1.29, 1.82) is 0 Å². The molecule has 1 N–H and O–H groups in total. The number of hydrogen-bond acceptors (Lipinski definition) is 2. The summed E-state index contributed by atoms with van der Waals surface area (Å²) in [5.74, 6) is 0.770. The van der Waals surface area contributed by atoms with Crippen molar-refractivity contribution in [1.82, 2.24) is 10.2 Å². The summed E-state index contributed by atoms with van der Waals surface area (Å²) in [6.45, 7) is 5.63. The quantitative estimate of drug-likeness (QED) is 0.859. The number of hydrogen-bond donors (Lipinski definition) is 1. The van der Waals surface area contributed by atoms with E-state index < -0.39 is 0 Å². The summed E-state index contributed by atoms with van der Waals surface area (Å²) in [6, 6.07) is 11.6. The highest BCUT2D eigenvalue weighted by atomic mass is 15.2. The number of likely N-dealkylation sites (N-methyl/N-ethyl adjacent to an activating group) is 1. The van der Waals surface area contributed by atoms with Gasteiger partial charge in [-0.1, -0.05) is 30.3 Å². The van der Waals surface area contributed by atoms with Gasteiger partial charge in [0.05, 0.1) is 0 Å². The molecule has 1 aromatic carbocycles. The van der Waals surface area contributed by atoms with Crippen molar-refractivity contribution in [3.8, 4) is 0 Å². The van der Waals surface area contributed by atoms with Crippen LogP contribution in [0.25, 0.3) is 0 Å². The molecule has 0 radical (unpaired) electrons. The molecule has 0 atom stereocenters. The highest BCUT2D eigenvalue weighted by Gasteiger charge is 2.31. The van der Waals surface area contributed by atoms with E-state index in [0.29, 0.717) is 6.04 Å². The van der Waals surface area contributed by atoms with Crippen molar-refractivity contribution in [2.45, 2.75) is 44.2 Å². The molecule has 100 valence electrons. The normalized spacial score (nSPS) is 24.1. The zero-order valence-electron chi connectivity index (χ0n) is 12.1. The van der Waals surface area contributed by atoms with Gasteiger partial charge in [0.15, 0.2) is 0 Å². The average molecular weight is 246 g/mol. The first-order valence-electron chi connectivity index (χ1n) is 6.95. The molecule has 0 saturated heterocycles. The van der Waals surface area contributed by atoms with E-state index in [1.165, 1.54) is 18.4 Å². The summed E-state index contributed by atoms with van der Waals surface area (Å²) < 4.78 is 0. The van der Waals surface area contributed by atoms with E-state index in [2.05, 4.69) is 68.5 Å². The number of nitrogens with one attached hydrogen (secondary N) is 1. The zero-order valence-corrected chi connectivity index (χ0v) is 12.1. The van der Waals surface area contributed by atoms with Gasteiger partial charge in [-0.3, -0.25) is 0 Å². The van der Waals surface area contributed by atoms with Crippen molar-refractivity contribution in [3.05, 3.63) is 35.9 Å². The van der Waals surface area contributed by atoms with Gasteiger partial charge in [0, 0.05) is 18.1 Å². The highest BCUT2D eigenvalue weighted by Crippen LogP contribution is 2.36. The molecule has 0 aliphatic heterocycles. The van der Waals surface area contributed by atoms with Crippen molar-refractivity contribution in [2.24, 2.45) is 0 Å². The summed E-state index contributed by atoms with van der Waals surface area (Å²) in [5, 5.41) is 3.70. The molecule has 0 spiro atoms. The standard InChI is InChI=1S/C16H26N2/c1-16(2,18(3)4)12-17-15-10-14(11-15)13-8-6-5-7-9-13/h5-9,14-15,17H,10-12H2,1-4H3. The van der Waals surface area contributed by atoms with Gasteiger partial charge < -0.3 is 10.2 Å². The van der Waals surface area contributed by atoms with Crippen LogP contribution >= 0.6 is 0 Å². The summed E-state index contributed by atoms with van der Waals surface area (Å²) in [6.07, 6.45) is 2.57. The van der Waals surface area contributed by atoms with Crippen LogP contribution in [0, 0.1) is 0 Å². The Morgan fingerprint density at radius 3 is 2.33 bits per heavy atom. The second kappa shape index (κ2) is 5.41. The van der Waals surface area contributed by atoms with Gasteiger partial charge in [-0.2, -0.15) is 0 Å². The maximum Gasteiger partial charge on any atom is 0.0271 e. The van der Waals surface area contributed by atoms with E-state index in [4.69, 9.17) is 0 Å². The van der Waals surface area contributed by atoms with Crippen molar-refractivity contribution >= 4 is 0 Å². The number of benzene rings is 1. The Hall–Kier alpha value is -0.860. The minimum atomic E-state index is 0.234. The molecule has 1 aliphatic rings. The first kappa shape index (κ1) is 13.6. The first-order valence-corrected chi connectivity index (χ1v) is 6.95. The molecular weight excluding hydrogens is 220 g/mol. The highest BCUT2D eigenvalue weighted by molar-refractivity contribution is 5.22. The van der Waals surface area contributed by atoms with Crippen molar-refractivity contribution < 1.29 is 0 Å². The molecule has 0 bridgehead atoms. The van der Waals surface area contributed by atoms with Gasteiger partial charge >= 0.3 is 0 Å². The molecular formula is C16H26N2. The van der Waals surface area contributed by atoms with Crippen LogP contribution in [-0.4, -0.2) is 37.1 Å². The molecule has 0 unspecified atom stereocenters. The van der Waals surface area contributed by atoms with E-state index in [0.717, 1.165) is 12.5 Å². The fraction of sp³-hybridized carbons (Fsp3) is 0.625. The van der Waals surface area contributed by atoms with Crippen LogP contribution in [0.4, 0.5) is 0 Å². The van der Waals surface area contributed by atoms with Crippen LogP contribution in [0.15, 0.2) is 30.3 Å². The Bertz CT molecular complexity index is 364. The summed E-state index contributed by atoms with van der Waals surface area (Å²) in [5.41, 5.74) is 1.74. The van der Waals surface area contributed by atoms with E-state index in [1.54, 1.807) is 0 Å². The average Bonchev–Trinajstić information content (AvgIpc) is 2.28. The van der Waals surface area contributed by atoms with E-state index in [1.807, 2.05) is 0 Å². The molecule has 1 aliphatic carbocycles. The molecule has 1 saturated carbocycles. The lowest BCUT2D eigenvalue weighted by Gasteiger charge is -2.40. The Morgan fingerprint density at radius 1 is 1.17 bits per heavy atom. The minimum absolute atomic E-state index is 0.234. The maximum absolute atomic E-state index is 3.70. The lowest BCUT2D eigenvalue weighted by molar-refractivity contribution is 0.168. The van der Waals surface area contributed by atoms with Gasteiger partial charge in [-0.15, -0.1) is 0 Å². The first-order chi connectivity index (χ1) is 8.49. The zero-order chi connectivity index (χ0) is 13.2. The van der Waals surface area contributed by atoms with Gasteiger partial charge in [-0.05, 0) is 52.3 Å². The minimum Gasteiger partial charge on any atom is -0.312 e. The molecule has 2 heteroatoms. The molecule has 0 heterocycles. The molecule has 1 aromatic rings. The fourth-order valence-corrected chi connectivity index (χ4v) is 2.33. The third kappa shape index (κ3) is 3.12. The van der Waals surface area contributed by atoms with Gasteiger partial charge in [0.2, 0.25) is 0 Å². The van der Waals surface area contributed by atoms with Crippen molar-refractivity contribution in [3.63, 3.8) is 0 Å². The third-order valence-corrected chi connectivity index (χ3v) is 4.44. The van der Waals surface area contributed by atoms with E-state index in [9.17, 15) is 0 Å². The van der Waals surface area contributed by atoms with Crippen LogP contribution in [0.2, 0.25) is 0 Å². The van der Waals surface area contributed by atoms with Crippen LogP contribution < -0.4 is 5.32 Å². The molecule has 0 amide bonds. The summed E-state index contributed by atoms with van der Waals surface area (Å²) in [4.78, 5) is 2.29. The molecule has 0 aromatic heterocycles. The van der Waals surface area contributed by atoms with Crippen LogP contribution in [0.3, 0.4) is 0 Å². The molecule has 2 rings (SSSR count). The predicted octanol–water partition coefficient (Wildman–Crippen LogP) is 2.86. The molecule has 1 fully saturated rings.